The fraction of sp³-hybridized carbons (Fsp3) is 0.741. The molecule has 1 saturated carbocycles. The molecule has 4 saturated heterocycles. The van der Waals surface area contributed by atoms with E-state index in [0.717, 1.165) is 0 Å². The van der Waals surface area contributed by atoms with Crippen LogP contribution in [0.1, 0.15) is 104 Å². The first kappa shape index (κ1) is 63.0. The fourth-order valence-corrected chi connectivity index (χ4v) is 12.8. The minimum Gasteiger partial charge on any atom is -0.477 e. The molecule has 19 atom stereocenters. The van der Waals surface area contributed by atoms with Crippen LogP contribution in [-0.2, 0) is 73.0 Å². The van der Waals surface area contributed by atoms with Crippen molar-refractivity contribution in [2.45, 2.75) is 185 Å². The van der Waals surface area contributed by atoms with Crippen molar-refractivity contribution in [1.82, 2.24) is 14.4 Å². The number of methoxy groups -OCH3 is 2. The SMILES string of the molecule is COCCn1cc(C(=O)O)c(=O)c2cc(/C=C/COCCO[C@H]3[C@H](C)O[C@@H](O[C@H]4[C@H](C)[C@@H](O[C@@H]5O[C@H](C)C[C@H](N(C)C)[C@H]5OC(C)=O)[C@](C)(O)C[C@@H](C)CN(C)[C@H](C)[C@H]5OC(=O)O[C@@]56C(C)[C@H]6OC(=O)[C@@H]4C)C[C@@]3(C)OC)ccc21. The van der Waals surface area contributed by atoms with Gasteiger partial charge in [-0.05, 0) is 99.1 Å². The van der Waals surface area contributed by atoms with Crippen molar-refractivity contribution < 1.29 is 86.2 Å². The van der Waals surface area contributed by atoms with E-state index in [9.17, 15) is 34.2 Å². The van der Waals surface area contributed by atoms with Gasteiger partial charge in [0.1, 0.15) is 11.7 Å². The summed E-state index contributed by atoms with van der Waals surface area (Å²) < 4.78 is 76.6. The average Bonchev–Trinajstić information content (AvgIpc) is 3.36. The Hall–Kier alpha value is -4.59. The summed E-state index contributed by atoms with van der Waals surface area (Å²) in [7, 11) is 8.83. The number of fused-ring (bicyclic) bond motifs is 1. The van der Waals surface area contributed by atoms with Gasteiger partial charge < -0.3 is 76.5 Å². The highest BCUT2D eigenvalue weighted by Gasteiger charge is 2.78. The minimum absolute atomic E-state index is 0.146. The van der Waals surface area contributed by atoms with E-state index >= 15 is 0 Å². The summed E-state index contributed by atoms with van der Waals surface area (Å²) in [5.74, 6) is -4.88. The van der Waals surface area contributed by atoms with Gasteiger partial charge in [-0.15, -0.1) is 0 Å². The van der Waals surface area contributed by atoms with Crippen molar-refractivity contribution in [2.24, 2.45) is 23.7 Å². The Balaban J connectivity index is 1.10. The summed E-state index contributed by atoms with van der Waals surface area (Å²) in [6.07, 6.45) is -3.35. The standard InChI is InChI=1S/C58H87N3O19/c1-31-27-56(9,68)48(78-54-47(75-38(8)62)43(59(11)12)25-32(2)73-54)33(3)46(34(4)53(66)77-49-35(5)58(49)50(79-55(67)80-58)36(6)60(13)29-31)76-44-28-57(10,70-15)51(37(7)74-44)72-24-23-71-21-16-17-39-18-19-42-40(26-39)45(63)41(52(64)65)30-61(42)20-22-69-14/h16-19,26,30-37,43-44,46-51,54,68H,20-25,27-29H2,1-15H3,(H,64,65)/b17-16+/t31-,32-,33+,34-,35?,36-,37+,43+,44+,46+,47-,48-,49-,50-,51+,54+,56-,57-,58-/m1/s1. The van der Waals surface area contributed by atoms with Crippen molar-refractivity contribution in [1.29, 1.82) is 0 Å². The molecule has 0 amide bonds. The molecule has 1 aromatic carbocycles. The van der Waals surface area contributed by atoms with Gasteiger partial charge in [-0.3, -0.25) is 19.3 Å². The molecule has 5 fully saturated rings. The van der Waals surface area contributed by atoms with Crippen LogP contribution in [0.15, 0.2) is 35.3 Å². The number of carbonyl (C=O) groups is 4. The lowest BCUT2D eigenvalue weighted by Crippen LogP contribution is -2.61. The molecule has 1 unspecified atom stereocenters. The highest BCUT2D eigenvalue weighted by molar-refractivity contribution is 5.93. The number of esters is 2. The first-order valence-electron chi connectivity index (χ1n) is 28.0. The van der Waals surface area contributed by atoms with Gasteiger partial charge in [0.2, 0.25) is 5.43 Å². The second kappa shape index (κ2) is 25.9. The Morgan fingerprint density at radius 2 is 1.64 bits per heavy atom. The summed E-state index contributed by atoms with van der Waals surface area (Å²) in [6, 6.07) is 4.60. The van der Waals surface area contributed by atoms with Gasteiger partial charge in [0.15, 0.2) is 36.5 Å². The third-order valence-corrected chi connectivity index (χ3v) is 17.1. The highest BCUT2D eigenvalue weighted by atomic mass is 16.8. The van der Waals surface area contributed by atoms with Crippen LogP contribution in [0.25, 0.3) is 17.0 Å². The van der Waals surface area contributed by atoms with Crippen LogP contribution < -0.4 is 5.43 Å². The molecule has 448 valence electrons. The number of aromatic nitrogens is 1. The number of carbonyl (C=O) groups excluding carboxylic acids is 3. The number of aliphatic hydroxyl groups is 1. The molecule has 22 nitrogen and oxygen atoms in total. The molecule has 1 spiro atoms. The third-order valence-electron chi connectivity index (χ3n) is 17.1. The van der Waals surface area contributed by atoms with Crippen LogP contribution in [0.5, 0.6) is 0 Å². The topological polar surface area (TPSA) is 248 Å². The highest BCUT2D eigenvalue weighted by Crippen LogP contribution is 2.57. The van der Waals surface area contributed by atoms with Gasteiger partial charge >= 0.3 is 24.1 Å². The smallest absolute Gasteiger partial charge is 0.477 e. The van der Waals surface area contributed by atoms with Gasteiger partial charge in [0, 0.05) is 70.1 Å². The van der Waals surface area contributed by atoms with E-state index in [2.05, 4.69) is 4.90 Å². The molecular formula is C58H87N3O19. The molecule has 22 heteroatoms. The summed E-state index contributed by atoms with van der Waals surface area (Å²) in [6.45, 7) is 19.8. The second-order valence-corrected chi connectivity index (χ2v) is 23.6. The van der Waals surface area contributed by atoms with Crippen LogP contribution >= 0.6 is 0 Å². The van der Waals surface area contributed by atoms with Crippen LogP contribution in [0, 0.1) is 23.7 Å². The van der Waals surface area contributed by atoms with Gasteiger partial charge in [-0.1, -0.05) is 39.0 Å². The first-order chi connectivity index (χ1) is 37.7. The fourth-order valence-electron chi connectivity index (χ4n) is 12.8. The maximum absolute atomic E-state index is 14.8. The van der Waals surface area contributed by atoms with Gasteiger partial charge in [0.05, 0.1) is 79.5 Å². The predicted octanol–water partition coefficient (Wildman–Crippen LogP) is 5.29. The molecule has 2 N–H and O–H groups in total. The number of carboxylic acids is 1. The zero-order chi connectivity index (χ0) is 58.8. The Morgan fingerprint density at radius 1 is 0.912 bits per heavy atom. The predicted molar refractivity (Wildman–Crippen MR) is 291 cm³/mol. The maximum atomic E-state index is 14.8. The number of rotatable bonds is 18. The molecule has 7 rings (SSSR count). The Bertz CT molecular complexity index is 2590. The normalized spacial score (nSPS) is 38.2. The quantitative estimate of drug-likeness (QED) is 0.109. The Kier molecular flexibility index (Phi) is 20.4. The number of carboxylic acid groups (broad SMARTS) is 1. The molecule has 1 aliphatic carbocycles. The van der Waals surface area contributed by atoms with E-state index in [1.807, 2.05) is 80.6 Å². The van der Waals surface area contributed by atoms with E-state index in [0.29, 0.717) is 37.2 Å². The molecule has 5 heterocycles. The van der Waals surface area contributed by atoms with Crippen LogP contribution in [0.2, 0.25) is 0 Å². The molecule has 0 bridgehead atoms. The molecule has 2 aromatic rings. The van der Waals surface area contributed by atoms with Crippen molar-refractivity contribution >= 4 is 41.0 Å². The van der Waals surface area contributed by atoms with Gasteiger partial charge in [-0.25, -0.2) is 9.59 Å². The lowest BCUT2D eigenvalue weighted by molar-refractivity contribution is -0.321. The summed E-state index contributed by atoms with van der Waals surface area (Å²) in [4.78, 5) is 69.4. The van der Waals surface area contributed by atoms with Crippen molar-refractivity contribution in [3.63, 3.8) is 0 Å². The Labute approximate surface area is 469 Å². The number of pyridine rings is 1. The second-order valence-electron chi connectivity index (χ2n) is 23.6. The zero-order valence-electron chi connectivity index (χ0n) is 49.2. The Morgan fingerprint density at radius 3 is 2.30 bits per heavy atom. The van der Waals surface area contributed by atoms with Gasteiger partial charge in [-0.2, -0.15) is 0 Å². The summed E-state index contributed by atoms with van der Waals surface area (Å²) >= 11 is 0. The van der Waals surface area contributed by atoms with E-state index in [-0.39, 0.29) is 73.6 Å². The van der Waals surface area contributed by atoms with Crippen LogP contribution in [-0.4, -0.2) is 207 Å². The molecule has 1 aromatic heterocycles. The van der Waals surface area contributed by atoms with Crippen LogP contribution in [0.3, 0.4) is 0 Å². The number of likely N-dealkylation sites (N-methyl/N-ethyl adjacent to an activating group) is 2. The largest absolute Gasteiger partial charge is 0.509 e. The number of hydrogen-bond acceptors (Lipinski definition) is 20. The lowest BCUT2D eigenvalue weighted by Gasteiger charge is -2.49. The van der Waals surface area contributed by atoms with E-state index in [4.69, 9.17) is 56.8 Å². The third kappa shape index (κ3) is 13.6. The molecule has 5 aliphatic rings. The number of ether oxygens (including phenoxy) is 12. The molecule has 0 radical (unpaired) electrons. The number of nitrogens with zero attached hydrogens (tertiary/aromatic N) is 3. The van der Waals surface area contributed by atoms with E-state index in [1.165, 1.54) is 13.1 Å². The van der Waals surface area contributed by atoms with Gasteiger partial charge in [0.25, 0.3) is 0 Å². The molecular weight excluding hydrogens is 1040 g/mol. The first-order valence-corrected chi connectivity index (χ1v) is 28.0. The monoisotopic (exact) mass is 1130 g/mol. The van der Waals surface area contributed by atoms with Crippen LogP contribution in [0.4, 0.5) is 4.79 Å². The molecule has 4 aliphatic heterocycles. The average molecular weight is 1130 g/mol. The zero-order valence-corrected chi connectivity index (χ0v) is 49.2. The van der Waals surface area contributed by atoms with Crippen molar-refractivity contribution in [2.75, 3.05) is 68.3 Å². The number of benzene rings is 1. The van der Waals surface area contributed by atoms with E-state index < -0.39 is 113 Å². The maximum Gasteiger partial charge on any atom is 0.509 e. The lowest BCUT2D eigenvalue weighted by atomic mass is 9.77. The van der Waals surface area contributed by atoms with E-state index in [1.54, 1.807) is 56.9 Å². The summed E-state index contributed by atoms with van der Waals surface area (Å²) in [5.41, 5.74) is -3.44. The number of hydrogen-bond donors (Lipinski definition) is 2. The number of aromatic carboxylic acids is 1. The minimum atomic E-state index is -1.63. The summed E-state index contributed by atoms with van der Waals surface area (Å²) in [5, 5.41) is 23.0. The van der Waals surface area contributed by atoms with Crippen molar-refractivity contribution in [3.05, 3.63) is 51.8 Å². The van der Waals surface area contributed by atoms with Crippen molar-refractivity contribution in [3.8, 4) is 0 Å². The molecule has 80 heavy (non-hydrogen) atoms.